The molecule has 1 saturated heterocycles. The number of para-hydroxylation sites is 1. The fourth-order valence-corrected chi connectivity index (χ4v) is 2.88. The monoisotopic (exact) mass is 300 g/mol. The van der Waals surface area contributed by atoms with Crippen molar-refractivity contribution in [3.8, 4) is 0 Å². The molecule has 2 heterocycles. The first-order valence-electron chi connectivity index (χ1n) is 7.61. The number of fused-ring (bicyclic) bond motifs is 1. The minimum absolute atomic E-state index is 0.198. The zero-order valence-electron chi connectivity index (χ0n) is 12.7. The molecular weight excluding hydrogens is 280 g/mol. The van der Waals surface area contributed by atoms with Crippen LogP contribution in [0.5, 0.6) is 0 Å². The van der Waals surface area contributed by atoms with Crippen LogP contribution in [0, 0.1) is 5.92 Å². The summed E-state index contributed by atoms with van der Waals surface area (Å²) in [6, 6.07) is 9.23. The molecule has 5 nitrogen and oxygen atoms in total. The van der Waals surface area contributed by atoms with Gasteiger partial charge in [0.1, 0.15) is 5.56 Å². The number of aryl methyl sites for hydroxylation is 1. The maximum atomic E-state index is 12.3. The van der Waals surface area contributed by atoms with Crippen LogP contribution in [0.3, 0.4) is 0 Å². The molecule has 1 aromatic carbocycles. The molecule has 0 unspecified atom stereocenters. The number of pyridine rings is 1. The van der Waals surface area contributed by atoms with Crippen LogP contribution >= 0.6 is 0 Å². The number of nitrogens with one attached hydrogen (secondary N) is 1. The van der Waals surface area contributed by atoms with Crippen LogP contribution in [0.4, 0.5) is 0 Å². The van der Waals surface area contributed by atoms with E-state index < -0.39 is 0 Å². The molecule has 116 valence electrons. The molecule has 1 aliphatic heterocycles. The molecule has 0 saturated carbocycles. The van der Waals surface area contributed by atoms with Gasteiger partial charge in [-0.05, 0) is 36.3 Å². The van der Waals surface area contributed by atoms with Crippen molar-refractivity contribution in [1.82, 2.24) is 9.88 Å². The van der Waals surface area contributed by atoms with Crippen molar-refractivity contribution >= 4 is 16.8 Å². The summed E-state index contributed by atoms with van der Waals surface area (Å²) in [6.45, 7) is 2.15. The van der Waals surface area contributed by atoms with Gasteiger partial charge in [-0.3, -0.25) is 9.59 Å². The zero-order valence-corrected chi connectivity index (χ0v) is 12.7. The van der Waals surface area contributed by atoms with E-state index in [9.17, 15) is 9.59 Å². The number of hydrogen-bond acceptors (Lipinski definition) is 3. The third kappa shape index (κ3) is 2.90. The van der Waals surface area contributed by atoms with Crippen LogP contribution in [0.2, 0.25) is 0 Å². The predicted octanol–water partition coefficient (Wildman–Crippen LogP) is 1.69. The first-order chi connectivity index (χ1) is 10.7. The van der Waals surface area contributed by atoms with Crippen molar-refractivity contribution in [2.75, 3.05) is 19.8 Å². The Morgan fingerprint density at radius 2 is 2.23 bits per heavy atom. The average Bonchev–Trinajstić information content (AvgIpc) is 3.04. The second-order valence-electron chi connectivity index (χ2n) is 5.76. The van der Waals surface area contributed by atoms with Gasteiger partial charge in [0, 0.05) is 26.8 Å². The summed E-state index contributed by atoms with van der Waals surface area (Å²) in [6.07, 6.45) is 1.94. The second kappa shape index (κ2) is 6.32. The van der Waals surface area contributed by atoms with Gasteiger partial charge >= 0.3 is 0 Å². The van der Waals surface area contributed by atoms with Crippen LogP contribution in [0.25, 0.3) is 10.9 Å². The first-order valence-corrected chi connectivity index (χ1v) is 7.61. The average molecular weight is 300 g/mol. The van der Waals surface area contributed by atoms with Gasteiger partial charge in [0.15, 0.2) is 0 Å². The molecule has 1 amide bonds. The Kier molecular flexibility index (Phi) is 4.24. The number of nitrogens with zero attached hydrogens (tertiary/aromatic N) is 1. The summed E-state index contributed by atoms with van der Waals surface area (Å²) >= 11 is 0. The SMILES string of the molecule is Cn1c(=O)c(C(=O)NCC[C@H]2CCOC2)cc2ccccc21. The van der Waals surface area contributed by atoms with Crippen LogP contribution in [0.1, 0.15) is 23.2 Å². The number of rotatable bonds is 4. The maximum absolute atomic E-state index is 12.3. The minimum Gasteiger partial charge on any atom is -0.381 e. The van der Waals surface area contributed by atoms with E-state index in [4.69, 9.17) is 4.74 Å². The van der Waals surface area contributed by atoms with Gasteiger partial charge in [-0.2, -0.15) is 0 Å². The summed E-state index contributed by atoms with van der Waals surface area (Å²) in [5.74, 6) is 0.213. The van der Waals surface area contributed by atoms with Gasteiger partial charge in [-0.25, -0.2) is 0 Å². The summed E-state index contributed by atoms with van der Waals surface area (Å²) in [5.41, 5.74) is 0.761. The van der Waals surface area contributed by atoms with E-state index in [2.05, 4.69) is 5.32 Å². The molecular formula is C17H20N2O3. The van der Waals surface area contributed by atoms with Crippen LogP contribution in [-0.2, 0) is 11.8 Å². The third-order valence-corrected chi connectivity index (χ3v) is 4.24. The van der Waals surface area contributed by atoms with Gasteiger partial charge in [0.25, 0.3) is 11.5 Å². The van der Waals surface area contributed by atoms with Crippen molar-refractivity contribution in [1.29, 1.82) is 0 Å². The number of benzene rings is 1. The van der Waals surface area contributed by atoms with Gasteiger partial charge in [-0.1, -0.05) is 18.2 Å². The van der Waals surface area contributed by atoms with E-state index in [0.29, 0.717) is 12.5 Å². The lowest BCUT2D eigenvalue weighted by atomic mass is 10.1. The Bertz CT molecular complexity index is 745. The molecule has 2 aromatic rings. The third-order valence-electron chi connectivity index (χ3n) is 4.24. The highest BCUT2D eigenvalue weighted by Crippen LogP contribution is 2.15. The van der Waals surface area contributed by atoms with Crippen molar-refractivity contribution in [3.63, 3.8) is 0 Å². The largest absolute Gasteiger partial charge is 0.381 e. The molecule has 0 bridgehead atoms. The number of carbonyl (C=O) groups excluding carboxylic acids is 1. The Morgan fingerprint density at radius 3 is 3.00 bits per heavy atom. The first kappa shape index (κ1) is 14.8. The highest BCUT2D eigenvalue weighted by molar-refractivity contribution is 5.97. The normalized spacial score (nSPS) is 17.8. The highest BCUT2D eigenvalue weighted by Gasteiger charge is 2.17. The summed E-state index contributed by atoms with van der Waals surface area (Å²) in [4.78, 5) is 24.6. The molecule has 1 aromatic heterocycles. The molecule has 1 atom stereocenters. The fraction of sp³-hybridized carbons (Fsp3) is 0.412. The Morgan fingerprint density at radius 1 is 1.41 bits per heavy atom. The van der Waals surface area contributed by atoms with Crippen molar-refractivity contribution < 1.29 is 9.53 Å². The zero-order chi connectivity index (χ0) is 15.5. The van der Waals surface area contributed by atoms with Gasteiger partial charge < -0.3 is 14.6 Å². The molecule has 3 rings (SSSR count). The van der Waals surface area contributed by atoms with Crippen molar-refractivity contribution in [2.24, 2.45) is 13.0 Å². The van der Waals surface area contributed by atoms with Crippen LogP contribution < -0.4 is 10.9 Å². The van der Waals surface area contributed by atoms with Gasteiger partial charge in [0.2, 0.25) is 0 Å². The fourth-order valence-electron chi connectivity index (χ4n) is 2.88. The summed E-state index contributed by atoms with van der Waals surface area (Å²) < 4.78 is 6.84. The highest BCUT2D eigenvalue weighted by atomic mass is 16.5. The molecule has 1 N–H and O–H groups in total. The Balaban J connectivity index is 1.75. The summed E-state index contributed by atoms with van der Waals surface area (Å²) in [5, 5.41) is 3.74. The number of carbonyl (C=O) groups is 1. The molecule has 1 aliphatic rings. The van der Waals surface area contributed by atoms with Crippen LogP contribution in [0.15, 0.2) is 35.1 Å². The van der Waals surface area contributed by atoms with E-state index in [0.717, 1.165) is 37.0 Å². The van der Waals surface area contributed by atoms with Gasteiger partial charge in [-0.15, -0.1) is 0 Å². The van der Waals surface area contributed by atoms with Crippen molar-refractivity contribution in [3.05, 3.63) is 46.2 Å². The van der Waals surface area contributed by atoms with E-state index in [1.54, 1.807) is 13.1 Å². The standard InChI is InChI=1S/C17H20N2O3/c1-19-15-5-3-2-4-13(15)10-14(17(19)21)16(20)18-8-6-12-7-9-22-11-12/h2-5,10,12H,6-9,11H2,1H3,(H,18,20)/t12-/m0/s1. The van der Waals surface area contributed by atoms with E-state index >= 15 is 0 Å². The predicted molar refractivity (Wildman–Crippen MR) is 85.1 cm³/mol. The number of ether oxygens (including phenoxy) is 1. The van der Waals surface area contributed by atoms with E-state index in [1.165, 1.54) is 4.57 Å². The van der Waals surface area contributed by atoms with Gasteiger partial charge in [0.05, 0.1) is 5.52 Å². The number of amides is 1. The smallest absolute Gasteiger partial charge is 0.263 e. The maximum Gasteiger partial charge on any atom is 0.263 e. The lowest BCUT2D eigenvalue weighted by Gasteiger charge is -2.11. The number of hydrogen-bond donors (Lipinski definition) is 1. The molecule has 0 aliphatic carbocycles. The molecule has 1 fully saturated rings. The number of aromatic nitrogens is 1. The second-order valence-corrected chi connectivity index (χ2v) is 5.76. The van der Waals surface area contributed by atoms with Crippen LogP contribution in [-0.4, -0.2) is 30.2 Å². The van der Waals surface area contributed by atoms with E-state index in [1.807, 2.05) is 24.3 Å². The summed E-state index contributed by atoms with van der Waals surface area (Å²) in [7, 11) is 1.69. The Hall–Kier alpha value is -2.14. The lowest BCUT2D eigenvalue weighted by molar-refractivity contribution is 0.0948. The lowest BCUT2D eigenvalue weighted by Crippen LogP contribution is -2.33. The quantitative estimate of drug-likeness (QED) is 0.935. The molecule has 5 heteroatoms. The minimum atomic E-state index is -0.301. The molecule has 22 heavy (non-hydrogen) atoms. The van der Waals surface area contributed by atoms with E-state index in [-0.39, 0.29) is 17.0 Å². The topological polar surface area (TPSA) is 60.3 Å². The Labute approximate surface area is 128 Å². The molecule has 0 spiro atoms. The molecule has 0 radical (unpaired) electrons. The van der Waals surface area contributed by atoms with Crippen molar-refractivity contribution in [2.45, 2.75) is 12.8 Å².